The van der Waals surface area contributed by atoms with Crippen molar-refractivity contribution in [2.24, 2.45) is 0 Å². The van der Waals surface area contributed by atoms with Gasteiger partial charge < -0.3 is 9.42 Å². The fourth-order valence-electron chi connectivity index (χ4n) is 3.24. The summed E-state index contributed by atoms with van der Waals surface area (Å²) in [6.45, 7) is 4.35. The first-order valence-corrected chi connectivity index (χ1v) is 8.56. The molecule has 3 aromatic rings. The lowest BCUT2D eigenvalue weighted by molar-refractivity contribution is 0.432. The Labute approximate surface area is 142 Å². The van der Waals surface area contributed by atoms with Gasteiger partial charge in [-0.05, 0) is 62.1 Å². The summed E-state index contributed by atoms with van der Waals surface area (Å²) in [7, 11) is 0. The predicted molar refractivity (Wildman–Crippen MR) is 96.0 cm³/mol. The van der Waals surface area contributed by atoms with E-state index >= 15 is 0 Å². The van der Waals surface area contributed by atoms with Crippen LogP contribution in [0.4, 0.5) is 5.69 Å². The van der Waals surface area contributed by atoms with Crippen LogP contribution in [0.25, 0.3) is 22.8 Å². The Bertz CT molecular complexity index is 817. The number of aryl methyl sites for hydroxylation is 1. The second-order valence-corrected chi connectivity index (χ2v) is 6.33. The smallest absolute Gasteiger partial charge is 0.258 e. The van der Waals surface area contributed by atoms with Gasteiger partial charge in [-0.3, -0.25) is 0 Å². The monoisotopic (exact) mass is 319 g/mol. The normalized spacial score (nSPS) is 14.8. The number of rotatable bonds is 3. The molecule has 1 aromatic heterocycles. The number of hydrogen-bond donors (Lipinski definition) is 0. The maximum atomic E-state index is 5.46. The molecule has 4 nitrogen and oxygen atoms in total. The molecule has 2 heterocycles. The molecule has 1 saturated heterocycles. The molecule has 4 heteroatoms. The highest BCUT2D eigenvalue weighted by atomic mass is 16.5. The number of piperidine rings is 1. The molecule has 0 spiro atoms. The van der Waals surface area contributed by atoms with Crippen molar-refractivity contribution in [1.29, 1.82) is 0 Å². The highest BCUT2D eigenvalue weighted by Gasteiger charge is 2.14. The molecule has 0 bridgehead atoms. The van der Waals surface area contributed by atoms with Crippen molar-refractivity contribution < 1.29 is 4.52 Å². The Hall–Kier alpha value is -2.62. The molecule has 2 aromatic carbocycles. The summed E-state index contributed by atoms with van der Waals surface area (Å²) in [5, 5.41) is 4.15. The molecular formula is C20H21N3O. The van der Waals surface area contributed by atoms with Crippen molar-refractivity contribution in [3.63, 3.8) is 0 Å². The quantitative estimate of drug-likeness (QED) is 0.701. The number of benzene rings is 2. The molecule has 1 aliphatic heterocycles. The van der Waals surface area contributed by atoms with E-state index < -0.39 is 0 Å². The van der Waals surface area contributed by atoms with E-state index in [1.807, 2.05) is 31.2 Å². The topological polar surface area (TPSA) is 42.2 Å². The third-order valence-corrected chi connectivity index (χ3v) is 4.65. The molecule has 0 amide bonds. The molecule has 0 N–H and O–H groups in total. The van der Waals surface area contributed by atoms with Gasteiger partial charge in [-0.25, -0.2) is 0 Å². The van der Waals surface area contributed by atoms with Crippen LogP contribution in [0.3, 0.4) is 0 Å². The second kappa shape index (κ2) is 6.48. The van der Waals surface area contributed by atoms with Crippen molar-refractivity contribution in [3.05, 3.63) is 54.1 Å². The van der Waals surface area contributed by atoms with Gasteiger partial charge in [-0.2, -0.15) is 4.98 Å². The van der Waals surface area contributed by atoms with Crippen LogP contribution in [-0.4, -0.2) is 23.2 Å². The van der Waals surface area contributed by atoms with E-state index in [2.05, 4.69) is 39.3 Å². The van der Waals surface area contributed by atoms with Crippen molar-refractivity contribution in [2.45, 2.75) is 26.2 Å². The first kappa shape index (κ1) is 14.9. The minimum absolute atomic E-state index is 0.572. The molecule has 1 aliphatic rings. The van der Waals surface area contributed by atoms with Gasteiger partial charge in [0.05, 0.1) is 0 Å². The largest absolute Gasteiger partial charge is 0.372 e. The second-order valence-electron chi connectivity index (χ2n) is 6.33. The Balaban J connectivity index is 1.57. The Morgan fingerprint density at radius 2 is 1.67 bits per heavy atom. The zero-order valence-corrected chi connectivity index (χ0v) is 13.9. The molecule has 24 heavy (non-hydrogen) atoms. The van der Waals surface area contributed by atoms with Gasteiger partial charge in [0.25, 0.3) is 5.89 Å². The first-order valence-electron chi connectivity index (χ1n) is 8.56. The lowest BCUT2D eigenvalue weighted by atomic mass is 10.1. The Morgan fingerprint density at radius 1 is 0.917 bits per heavy atom. The van der Waals surface area contributed by atoms with Crippen LogP contribution in [0.15, 0.2) is 53.1 Å². The van der Waals surface area contributed by atoms with Crippen molar-refractivity contribution in [2.75, 3.05) is 18.0 Å². The summed E-state index contributed by atoms with van der Waals surface area (Å²) in [6, 6.07) is 16.5. The fraction of sp³-hybridized carbons (Fsp3) is 0.300. The maximum absolute atomic E-state index is 5.46. The number of aromatic nitrogens is 2. The molecule has 0 aliphatic carbocycles. The van der Waals surface area contributed by atoms with Crippen molar-refractivity contribution >= 4 is 5.69 Å². The van der Waals surface area contributed by atoms with Gasteiger partial charge in [0.1, 0.15) is 0 Å². The third kappa shape index (κ3) is 2.92. The molecule has 1 fully saturated rings. The highest BCUT2D eigenvalue weighted by Crippen LogP contribution is 2.27. The summed E-state index contributed by atoms with van der Waals surface area (Å²) >= 11 is 0. The zero-order valence-electron chi connectivity index (χ0n) is 13.9. The average molecular weight is 319 g/mol. The first-order chi connectivity index (χ1) is 11.8. The van der Waals surface area contributed by atoms with E-state index in [0.29, 0.717) is 11.7 Å². The van der Waals surface area contributed by atoms with Crippen LogP contribution in [0.2, 0.25) is 0 Å². The van der Waals surface area contributed by atoms with Crippen LogP contribution in [-0.2, 0) is 0 Å². The molecule has 0 saturated carbocycles. The van der Waals surface area contributed by atoms with Crippen molar-refractivity contribution in [1.82, 2.24) is 10.1 Å². The Kier molecular flexibility index (Phi) is 4.03. The van der Waals surface area contributed by atoms with Gasteiger partial charge in [0.15, 0.2) is 0 Å². The van der Waals surface area contributed by atoms with Crippen LogP contribution >= 0.6 is 0 Å². The SMILES string of the molecule is Cc1ccccc1-c1nc(-c2ccc(N3CCCCC3)cc2)no1. The summed E-state index contributed by atoms with van der Waals surface area (Å²) in [5.41, 5.74) is 4.38. The minimum Gasteiger partial charge on any atom is -0.372 e. The highest BCUT2D eigenvalue weighted by molar-refractivity contribution is 5.64. The van der Waals surface area contributed by atoms with Crippen LogP contribution < -0.4 is 4.90 Å². The standard InChI is InChI=1S/C20H21N3O/c1-15-7-3-4-8-18(15)20-21-19(22-24-20)16-9-11-17(12-10-16)23-13-5-2-6-14-23/h3-4,7-12H,2,5-6,13-14H2,1H3. The minimum atomic E-state index is 0.572. The molecule has 4 rings (SSSR count). The van der Waals surface area contributed by atoms with Crippen LogP contribution in [0, 0.1) is 6.92 Å². The van der Waals surface area contributed by atoms with E-state index in [-0.39, 0.29) is 0 Å². The summed E-state index contributed by atoms with van der Waals surface area (Å²) in [6.07, 6.45) is 3.91. The average Bonchev–Trinajstić information content (AvgIpc) is 3.13. The lowest BCUT2D eigenvalue weighted by Crippen LogP contribution is -2.29. The van der Waals surface area contributed by atoms with Crippen LogP contribution in [0.1, 0.15) is 24.8 Å². The molecule has 0 radical (unpaired) electrons. The van der Waals surface area contributed by atoms with E-state index in [4.69, 9.17) is 4.52 Å². The molecule has 0 atom stereocenters. The maximum Gasteiger partial charge on any atom is 0.258 e. The number of anilines is 1. The lowest BCUT2D eigenvalue weighted by Gasteiger charge is -2.28. The van der Waals surface area contributed by atoms with Crippen LogP contribution in [0.5, 0.6) is 0 Å². The van der Waals surface area contributed by atoms with E-state index in [1.54, 1.807) is 0 Å². The van der Waals surface area contributed by atoms with Crippen molar-refractivity contribution in [3.8, 4) is 22.8 Å². The number of hydrogen-bond acceptors (Lipinski definition) is 4. The Morgan fingerprint density at radius 3 is 2.42 bits per heavy atom. The fourth-order valence-corrected chi connectivity index (χ4v) is 3.24. The van der Waals surface area contributed by atoms with Gasteiger partial charge in [-0.15, -0.1) is 0 Å². The van der Waals surface area contributed by atoms with E-state index in [9.17, 15) is 0 Å². The molecular weight excluding hydrogens is 298 g/mol. The van der Waals surface area contributed by atoms with E-state index in [0.717, 1.165) is 29.8 Å². The van der Waals surface area contributed by atoms with Gasteiger partial charge >= 0.3 is 0 Å². The number of nitrogens with zero attached hydrogens (tertiary/aromatic N) is 3. The summed E-state index contributed by atoms with van der Waals surface area (Å²) < 4.78 is 5.46. The summed E-state index contributed by atoms with van der Waals surface area (Å²) in [5.74, 6) is 1.21. The van der Waals surface area contributed by atoms with Gasteiger partial charge in [0.2, 0.25) is 5.82 Å². The zero-order chi connectivity index (χ0) is 16.4. The molecule has 122 valence electrons. The molecule has 0 unspecified atom stereocenters. The predicted octanol–water partition coefficient (Wildman–Crippen LogP) is 4.70. The summed E-state index contributed by atoms with van der Waals surface area (Å²) in [4.78, 5) is 7.01. The van der Waals surface area contributed by atoms with Gasteiger partial charge in [-0.1, -0.05) is 23.4 Å². The van der Waals surface area contributed by atoms with E-state index in [1.165, 1.54) is 24.9 Å². The third-order valence-electron chi connectivity index (χ3n) is 4.65. The van der Waals surface area contributed by atoms with Gasteiger partial charge in [0, 0.05) is 29.9 Å².